The Bertz CT molecular complexity index is 1150. The second-order valence-corrected chi connectivity index (χ2v) is 10.1. The Morgan fingerprint density at radius 1 is 1.06 bits per heavy atom. The predicted octanol–water partition coefficient (Wildman–Crippen LogP) is 5.82. The molecule has 9 heteroatoms. The van der Waals surface area contributed by atoms with Gasteiger partial charge in [0.1, 0.15) is 18.1 Å². The summed E-state index contributed by atoms with van der Waals surface area (Å²) < 4.78 is 7.87. The highest BCUT2D eigenvalue weighted by Gasteiger charge is 2.23. The van der Waals surface area contributed by atoms with Gasteiger partial charge in [-0.05, 0) is 55.0 Å². The monoisotopic (exact) mass is 541 g/mol. The van der Waals surface area contributed by atoms with Crippen LogP contribution in [0.1, 0.15) is 39.8 Å². The molecule has 0 spiro atoms. The minimum atomic E-state index is -0.330. The number of rotatable bonds is 8. The van der Waals surface area contributed by atoms with Crippen LogP contribution in [0.3, 0.4) is 0 Å². The maximum atomic E-state index is 13.0. The van der Waals surface area contributed by atoms with Crippen molar-refractivity contribution in [2.45, 2.75) is 39.5 Å². The zero-order valence-corrected chi connectivity index (χ0v) is 22.3. The molecular weight excluding hydrogens is 510 g/mol. The van der Waals surface area contributed by atoms with Crippen molar-refractivity contribution >= 4 is 39.4 Å². The van der Waals surface area contributed by atoms with E-state index >= 15 is 0 Å². The van der Waals surface area contributed by atoms with Gasteiger partial charge in [0.2, 0.25) is 5.91 Å². The molecule has 2 N–H and O–H groups in total. The highest BCUT2D eigenvalue weighted by atomic mass is 79.9. The molecule has 0 radical (unpaired) electrons. The van der Waals surface area contributed by atoms with E-state index < -0.39 is 0 Å². The van der Waals surface area contributed by atoms with Gasteiger partial charge in [-0.2, -0.15) is 5.10 Å². The molecule has 3 rings (SSSR count). The zero-order valence-electron chi connectivity index (χ0n) is 20.8. The molecule has 3 aromatic rings. The molecule has 0 bridgehead atoms. The molecule has 3 amide bonds. The molecule has 2 aromatic carbocycles. The number of benzene rings is 2. The lowest BCUT2D eigenvalue weighted by molar-refractivity contribution is -0.116. The molecule has 0 saturated carbocycles. The van der Waals surface area contributed by atoms with E-state index in [1.807, 2.05) is 49.4 Å². The molecule has 0 aliphatic heterocycles. The summed E-state index contributed by atoms with van der Waals surface area (Å²) in [6.07, 6.45) is 0.721. The van der Waals surface area contributed by atoms with Crippen molar-refractivity contribution in [2.24, 2.45) is 0 Å². The van der Waals surface area contributed by atoms with Crippen LogP contribution in [0, 0.1) is 0 Å². The average molecular weight is 542 g/mol. The number of aromatic nitrogens is 2. The fourth-order valence-electron chi connectivity index (χ4n) is 3.37. The van der Waals surface area contributed by atoms with E-state index in [4.69, 9.17) is 9.84 Å². The summed E-state index contributed by atoms with van der Waals surface area (Å²) in [4.78, 5) is 27.4. The number of urea groups is 1. The highest BCUT2D eigenvalue weighted by Crippen LogP contribution is 2.27. The number of carbonyl (C=O) groups excluding carboxylic acids is 2. The van der Waals surface area contributed by atoms with Gasteiger partial charge in [0.15, 0.2) is 0 Å². The Balaban J connectivity index is 1.79. The smallest absolute Gasteiger partial charge is 0.322 e. The van der Waals surface area contributed by atoms with Crippen molar-refractivity contribution in [2.75, 3.05) is 30.8 Å². The Labute approximate surface area is 214 Å². The van der Waals surface area contributed by atoms with Crippen molar-refractivity contribution in [3.8, 4) is 11.4 Å². The van der Waals surface area contributed by atoms with Gasteiger partial charge in [-0.3, -0.25) is 4.79 Å². The summed E-state index contributed by atoms with van der Waals surface area (Å²) in [7, 11) is 1.61. The summed E-state index contributed by atoms with van der Waals surface area (Å²) >= 11 is 3.38. The van der Waals surface area contributed by atoms with Crippen LogP contribution < -0.4 is 15.4 Å². The molecule has 0 aliphatic carbocycles. The van der Waals surface area contributed by atoms with Crippen LogP contribution in [0.2, 0.25) is 0 Å². The molecule has 0 unspecified atom stereocenters. The molecule has 0 aliphatic rings. The van der Waals surface area contributed by atoms with E-state index in [-0.39, 0.29) is 23.9 Å². The molecule has 8 nitrogen and oxygen atoms in total. The highest BCUT2D eigenvalue weighted by molar-refractivity contribution is 9.10. The van der Waals surface area contributed by atoms with E-state index in [1.165, 1.54) is 4.90 Å². The van der Waals surface area contributed by atoms with Crippen LogP contribution in [0.15, 0.2) is 59.1 Å². The third-order valence-electron chi connectivity index (χ3n) is 5.27. The molecule has 186 valence electrons. The molecule has 0 saturated heterocycles. The topological polar surface area (TPSA) is 88.5 Å². The number of hydrogen-bond donors (Lipinski definition) is 2. The largest absolute Gasteiger partial charge is 0.497 e. The summed E-state index contributed by atoms with van der Waals surface area (Å²) in [5.41, 5.74) is 2.07. The predicted molar refractivity (Wildman–Crippen MR) is 142 cm³/mol. The van der Waals surface area contributed by atoms with E-state index in [1.54, 1.807) is 23.9 Å². The molecule has 1 aromatic heterocycles. The van der Waals surface area contributed by atoms with Crippen molar-refractivity contribution in [1.82, 2.24) is 14.7 Å². The van der Waals surface area contributed by atoms with Crippen LogP contribution in [-0.2, 0) is 10.2 Å². The fraction of sp³-hybridized carbons (Fsp3) is 0.346. The van der Waals surface area contributed by atoms with Gasteiger partial charge in [0, 0.05) is 28.2 Å². The SMILES string of the molecule is CCCN(CC(=O)Nc1cc(C(C)(C)C)nn1-c1ccc(OC)cc1)C(=O)Nc1ccc(Br)cc1. The van der Waals surface area contributed by atoms with Crippen LogP contribution in [-0.4, -0.2) is 46.8 Å². The van der Waals surface area contributed by atoms with Gasteiger partial charge in [-0.25, -0.2) is 9.48 Å². The Hall–Kier alpha value is -3.33. The maximum absolute atomic E-state index is 13.0. The van der Waals surface area contributed by atoms with E-state index in [0.717, 1.165) is 28.0 Å². The Kier molecular flexibility index (Phi) is 8.56. The quantitative estimate of drug-likeness (QED) is 0.375. The van der Waals surface area contributed by atoms with Crippen molar-refractivity contribution in [3.05, 3.63) is 64.8 Å². The van der Waals surface area contributed by atoms with Crippen molar-refractivity contribution in [3.63, 3.8) is 0 Å². The van der Waals surface area contributed by atoms with Gasteiger partial charge in [-0.1, -0.05) is 43.6 Å². The lowest BCUT2D eigenvalue weighted by Crippen LogP contribution is -2.41. The van der Waals surface area contributed by atoms with Crippen LogP contribution in [0.4, 0.5) is 16.3 Å². The summed E-state index contributed by atoms with van der Waals surface area (Å²) in [6.45, 7) is 8.51. The molecule has 0 fully saturated rings. The van der Waals surface area contributed by atoms with Gasteiger partial charge >= 0.3 is 6.03 Å². The zero-order chi connectivity index (χ0) is 25.6. The maximum Gasteiger partial charge on any atom is 0.322 e. The minimum absolute atomic E-state index is 0.0884. The standard InChI is InChI=1S/C26H32BrN5O3/c1-6-15-31(25(34)28-19-9-7-18(27)8-10-19)17-24(33)29-23-16-22(26(2,3)4)30-32(23)20-11-13-21(35-5)14-12-20/h7-14,16H,6,15,17H2,1-5H3,(H,28,34)(H,29,33). The molecule has 0 atom stereocenters. The molecule has 35 heavy (non-hydrogen) atoms. The number of hydrogen-bond acceptors (Lipinski definition) is 4. The Morgan fingerprint density at radius 3 is 2.29 bits per heavy atom. The van der Waals surface area contributed by atoms with Crippen LogP contribution in [0.25, 0.3) is 5.69 Å². The average Bonchev–Trinajstić information content (AvgIpc) is 3.24. The first-order valence-corrected chi connectivity index (χ1v) is 12.3. The van der Waals surface area contributed by atoms with Crippen LogP contribution in [0.5, 0.6) is 5.75 Å². The van der Waals surface area contributed by atoms with Gasteiger partial charge in [0.05, 0.1) is 18.5 Å². The number of nitrogens with zero attached hydrogens (tertiary/aromatic N) is 3. The van der Waals surface area contributed by atoms with Crippen molar-refractivity contribution in [1.29, 1.82) is 0 Å². The lowest BCUT2D eigenvalue weighted by atomic mass is 9.92. The third kappa shape index (κ3) is 7.08. The lowest BCUT2D eigenvalue weighted by Gasteiger charge is -2.22. The number of halogens is 1. The summed E-state index contributed by atoms with van der Waals surface area (Å²) in [5.74, 6) is 0.962. The first-order valence-electron chi connectivity index (χ1n) is 11.5. The number of anilines is 2. The second-order valence-electron chi connectivity index (χ2n) is 9.18. The van der Waals surface area contributed by atoms with E-state index in [0.29, 0.717) is 18.1 Å². The Morgan fingerprint density at radius 2 is 1.71 bits per heavy atom. The minimum Gasteiger partial charge on any atom is -0.497 e. The van der Waals surface area contributed by atoms with Crippen LogP contribution >= 0.6 is 15.9 Å². The normalized spacial score (nSPS) is 11.1. The molecule has 1 heterocycles. The second kappa shape index (κ2) is 11.4. The number of ether oxygens (including phenoxy) is 1. The third-order valence-corrected chi connectivity index (χ3v) is 5.80. The summed E-state index contributed by atoms with van der Waals surface area (Å²) in [6, 6.07) is 16.3. The number of carbonyl (C=O) groups is 2. The van der Waals surface area contributed by atoms with Gasteiger partial charge < -0.3 is 20.3 Å². The first kappa shape index (κ1) is 26.3. The number of amides is 3. The number of nitrogens with one attached hydrogen (secondary N) is 2. The van der Waals surface area contributed by atoms with Gasteiger partial charge in [0.25, 0.3) is 0 Å². The first-order chi connectivity index (χ1) is 16.6. The van der Waals surface area contributed by atoms with E-state index in [9.17, 15) is 9.59 Å². The van der Waals surface area contributed by atoms with Crippen molar-refractivity contribution < 1.29 is 14.3 Å². The molecular formula is C26H32BrN5O3. The fourth-order valence-corrected chi connectivity index (χ4v) is 3.64. The summed E-state index contributed by atoms with van der Waals surface area (Å²) in [5, 5.41) is 10.5. The van der Waals surface area contributed by atoms with Gasteiger partial charge in [-0.15, -0.1) is 0 Å². The van der Waals surface area contributed by atoms with E-state index in [2.05, 4.69) is 47.3 Å². The number of methoxy groups -OCH3 is 1.